The molecule has 2 aromatic carbocycles. The Balaban J connectivity index is 1.92. The summed E-state index contributed by atoms with van der Waals surface area (Å²) in [5.41, 5.74) is 1.23. The molecule has 0 bridgehead atoms. The molecule has 0 unspecified atom stereocenters. The Morgan fingerprint density at radius 2 is 1.70 bits per heavy atom. The van der Waals surface area contributed by atoms with Gasteiger partial charge in [0.1, 0.15) is 0 Å². The van der Waals surface area contributed by atoms with Crippen LogP contribution in [0.25, 0.3) is 0 Å². The van der Waals surface area contributed by atoms with Gasteiger partial charge in [-0.05, 0) is 35.9 Å². The number of nitrogens with one attached hydrogen (secondary N) is 2. The zero-order valence-corrected chi connectivity index (χ0v) is 14.0. The average molecular weight is 374 g/mol. The molecule has 0 aliphatic heterocycles. The number of rotatable bonds is 4. The van der Waals surface area contributed by atoms with Crippen LogP contribution in [0.5, 0.6) is 0 Å². The number of hydrogen-bond acceptors (Lipinski definition) is 3. The van der Waals surface area contributed by atoms with Gasteiger partial charge in [0.15, 0.2) is 0 Å². The van der Waals surface area contributed by atoms with Crippen molar-refractivity contribution in [3.8, 4) is 0 Å². The quantitative estimate of drug-likeness (QED) is 0.767. The van der Waals surface area contributed by atoms with E-state index in [-0.39, 0.29) is 11.4 Å². The number of halogens is 2. The van der Waals surface area contributed by atoms with E-state index in [1.165, 1.54) is 18.2 Å². The third-order valence-corrected chi connectivity index (χ3v) is 4.55. The number of sulfonamides is 1. The fourth-order valence-corrected chi connectivity index (χ4v) is 2.54. The fraction of sp³-hybridized carbons (Fsp3) is 0.0714. The molecule has 23 heavy (non-hydrogen) atoms. The van der Waals surface area contributed by atoms with Gasteiger partial charge in [-0.15, -0.1) is 0 Å². The molecule has 2 amide bonds. The molecule has 2 aromatic rings. The number of carbonyl (C=O) groups excluding carboxylic acids is 1. The summed E-state index contributed by atoms with van der Waals surface area (Å²) < 4.78 is 22.3. The SMILES string of the molecule is NS(=O)(=O)c1ccc(CNC(=O)Nc2ccc(Cl)c(Cl)c2)cc1. The summed E-state index contributed by atoms with van der Waals surface area (Å²) in [6.07, 6.45) is 0. The van der Waals surface area contributed by atoms with Gasteiger partial charge in [-0.1, -0.05) is 35.3 Å². The summed E-state index contributed by atoms with van der Waals surface area (Å²) in [4.78, 5) is 11.8. The van der Waals surface area contributed by atoms with Gasteiger partial charge in [-0.25, -0.2) is 18.4 Å². The third kappa shape index (κ3) is 5.11. The highest BCUT2D eigenvalue weighted by molar-refractivity contribution is 7.89. The average Bonchev–Trinajstić information content (AvgIpc) is 2.48. The minimum absolute atomic E-state index is 0.0153. The summed E-state index contributed by atoms with van der Waals surface area (Å²) in [6, 6.07) is 10.2. The number of urea groups is 1. The Morgan fingerprint density at radius 3 is 2.26 bits per heavy atom. The minimum atomic E-state index is -3.72. The van der Waals surface area contributed by atoms with Gasteiger partial charge in [0.05, 0.1) is 14.9 Å². The molecule has 6 nitrogen and oxygen atoms in total. The van der Waals surface area contributed by atoms with Crippen molar-refractivity contribution in [2.24, 2.45) is 5.14 Å². The lowest BCUT2D eigenvalue weighted by atomic mass is 10.2. The molecule has 0 heterocycles. The van der Waals surface area contributed by atoms with Gasteiger partial charge in [-0.3, -0.25) is 0 Å². The molecular formula is C14H13Cl2N3O3S. The number of amides is 2. The topological polar surface area (TPSA) is 101 Å². The lowest BCUT2D eigenvalue weighted by molar-refractivity contribution is 0.251. The fourth-order valence-electron chi connectivity index (χ4n) is 1.73. The van der Waals surface area contributed by atoms with Gasteiger partial charge in [0.25, 0.3) is 0 Å². The van der Waals surface area contributed by atoms with E-state index in [4.69, 9.17) is 28.3 Å². The Kier molecular flexibility index (Phi) is 5.48. The first-order valence-electron chi connectivity index (χ1n) is 6.37. The highest BCUT2D eigenvalue weighted by atomic mass is 35.5. The number of carbonyl (C=O) groups is 1. The molecule has 0 fully saturated rings. The zero-order chi connectivity index (χ0) is 17.0. The normalized spacial score (nSPS) is 11.1. The van der Waals surface area contributed by atoms with Crippen LogP contribution in [0, 0.1) is 0 Å². The number of primary sulfonamides is 1. The number of benzene rings is 2. The molecule has 0 saturated carbocycles. The maximum Gasteiger partial charge on any atom is 0.319 e. The molecule has 0 atom stereocenters. The second-order valence-corrected chi connectivity index (χ2v) is 7.00. The lowest BCUT2D eigenvalue weighted by Crippen LogP contribution is -2.28. The first-order chi connectivity index (χ1) is 10.8. The van der Waals surface area contributed by atoms with Crippen molar-refractivity contribution >= 4 is 44.9 Å². The molecule has 0 aliphatic carbocycles. The Labute approximate surface area is 143 Å². The van der Waals surface area contributed by atoms with Crippen molar-refractivity contribution in [3.05, 3.63) is 58.1 Å². The molecule has 0 spiro atoms. The van der Waals surface area contributed by atoms with E-state index in [1.54, 1.807) is 24.3 Å². The van der Waals surface area contributed by atoms with Crippen molar-refractivity contribution in [2.75, 3.05) is 5.32 Å². The summed E-state index contributed by atoms with van der Waals surface area (Å²) in [7, 11) is -3.72. The van der Waals surface area contributed by atoms with Gasteiger partial charge in [-0.2, -0.15) is 0 Å². The highest BCUT2D eigenvalue weighted by Gasteiger charge is 2.08. The van der Waals surface area contributed by atoms with Crippen LogP contribution in [0.1, 0.15) is 5.56 Å². The van der Waals surface area contributed by atoms with Crippen molar-refractivity contribution in [1.82, 2.24) is 5.32 Å². The largest absolute Gasteiger partial charge is 0.334 e. The molecule has 0 saturated heterocycles. The van der Waals surface area contributed by atoms with Crippen LogP contribution < -0.4 is 15.8 Å². The standard InChI is InChI=1S/C14H13Cl2N3O3S/c15-12-6-3-10(7-13(12)16)19-14(20)18-8-9-1-4-11(5-2-9)23(17,21)22/h1-7H,8H2,(H2,17,21,22)(H2,18,19,20). The van der Waals surface area contributed by atoms with E-state index < -0.39 is 16.1 Å². The molecule has 0 radical (unpaired) electrons. The lowest BCUT2D eigenvalue weighted by Gasteiger charge is -2.09. The molecule has 0 aliphatic rings. The van der Waals surface area contributed by atoms with E-state index in [0.29, 0.717) is 15.7 Å². The van der Waals surface area contributed by atoms with Crippen LogP contribution in [0.2, 0.25) is 10.0 Å². The summed E-state index contributed by atoms with van der Waals surface area (Å²) in [6.45, 7) is 0.220. The van der Waals surface area contributed by atoms with Crippen molar-refractivity contribution in [2.45, 2.75) is 11.4 Å². The monoisotopic (exact) mass is 373 g/mol. The number of nitrogens with two attached hydrogens (primary N) is 1. The van der Waals surface area contributed by atoms with Gasteiger partial charge >= 0.3 is 6.03 Å². The van der Waals surface area contributed by atoms with E-state index in [1.807, 2.05) is 0 Å². The molecule has 2 rings (SSSR count). The van der Waals surface area contributed by atoms with Gasteiger partial charge < -0.3 is 10.6 Å². The van der Waals surface area contributed by atoms with Crippen LogP contribution >= 0.6 is 23.2 Å². The Bertz CT molecular complexity index is 824. The maximum atomic E-state index is 11.8. The highest BCUT2D eigenvalue weighted by Crippen LogP contribution is 2.24. The zero-order valence-electron chi connectivity index (χ0n) is 11.7. The maximum absolute atomic E-state index is 11.8. The first-order valence-corrected chi connectivity index (χ1v) is 8.67. The second-order valence-electron chi connectivity index (χ2n) is 4.63. The van der Waals surface area contributed by atoms with Crippen LogP contribution in [0.4, 0.5) is 10.5 Å². The van der Waals surface area contributed by atoms with Crippen LogP contribution in [0.3, 0.4) is 0 Å². The van der Waals surface area contributed by atoms with Crippen molar-refractivity contribution in [3.63, 3.8) is 0 Å². The Morgan fingerprint density at radius 1 is 1.04 bits per heavy atom. The van der Waals surface area contributed by atoms with Crippen molar-refractivity contribution in [1.29, 1.82) is 0 Å². The van der Waals surface area contributed by atoms with E-state index in [9.17, 15) is 13.2 Å². The molecule has 4 N–H and O–H groups in total. The van der Waals surface area contributed by atoms with Gasteiger partial charge in [0, 0.05) is 12.2 Å². The number of hydrogen-bond donors (Lipinski definition) is 3. The van der Waals surface area contributed by atoms with Crippen LogP contribution in [-0.4, -0.2) is 14.4 Å². The Hall–Kier alpha value is -1.80. The summed E-state index contributed by atoms with van der Waals surface area (Å²) >= 11 is 11.7. The predicted octanol–water partition coefficient (Wildman–Crippen LogP) is 2.96. The van der Waals surface area contributed by atoms with E-state index in [0.717, 1.165) is 5.56 Å². The van der Waals surface area contributed by atoms with Gasteiger partial charge in [0.2, 0.25) is 10.0 Å². The minimum Gasteiger partial charge on any atom is -0.334 e. The van der Waals surface area contributed by atoms with Crippen LogP contribution in [-0.2, 0) is 16.6 Å². The second kappa shape index (κ2) is 7.18. The van der Waals surface area contributed by atoms with Crippen LogP contribution in [0.15, 0.2) is 47.4 Å². The molecule has 0 aromatic heterocycles. The third-order valence-electron chi connectivity index (χ3n) is 2.88. The van der Waals surface area contributed by atoms with E-state index >= 15 is 0 Å². The van der Waals surface area contributed by atoms with Crippen molar-refractivity contribution < 1.29 is 13.2 Å². The molecule has 9 heteroatoms. The first kappa shape index (κ1) is 17.6. The summed E-state index contributed by atoms with van der Waals surface area (Å²) in [5, 5.41) is 11.0. The number of anilines is 1. The summed E-state index contributed by atoms with van der Waals surface area (Å²) in [5.74, 6) is 0. The molecule has 122 valence electrons. The van der Waals surface area contributed by atoms with E-state index in [2.05, 4.69) is 10.6 Å². The predicted molar refractivity (Wildman–Crippen MR) is 90.1 cm³/mol. The molecular weight excluding hydrogens is 361 g/mol. The smallest absolute Gasteiger partial charge is 0.319 e.